The number of carboxylic acid groups (broad SMARTS) is 1. The van der Waals surface area contributed by atoms with Gasteiger partial charge >= 0.3 is 6.09 Å². The molecule has 5 heteroatoms. The Morgan fingerprint density at radius 2 is 2.43 bits per heavy atom. The minimum Gasteiger partial charge on any atom is -0.465 e. The van der Waals surface area contributed by atoms with Crippen molar-refractivity contribution in [3.63, 3.8) is 0 Å². The van der Waals surface area contributed by atoms with Crippen molar-refractivity contribution >= 4 is 23.0 Å². The van der Waals surface area contributed by atoms with Gasteiger partial charge in [-0.15, -0.1) is 0 Å². The van der Waals surface area contributed by atoms with Gasteiger partial charge in [-0.3, -0.25) is 5.32 Å². The van der Waals surface area contributed by atoms with E-state index in [2.05, 4.69) is 10.3 Å². The van der Waals surface area contributed by atoms with Crippen molar-refractivity contribution in [2.45, 2.75) is 6.04 Å². The first-order valence-electron chi connectivity index (χ1n) is 4.05. The first kappa shape index (κ1) is 9.08. The van der Waals surface area contributed by atoms with Crippen molar-refractivity contribution in [3.8, 4) is 0 Å². The van der Waals surface area contributed by atoms with Crippen LogP contribution in [0.5, 0.6) is 0 Å². The Morgan fingerprint density at radius 3 is 3.21 bits per heavy atom. The minimum atomic E-state index is -1.08. The second-order valence-corrected chi connectivity index (χ2v) is 3.65. The van der Waals surface area contributed by atoms with Gasteiger partial charge in [0, 0.05) is 0 Å². The number of fused-ring (bicyclic) bond motifs is 1. The molecule has 1 amide bonds. The highest BCUT2D eigenvalue weighted by Crippen LogP contribution is 2.24. The monoisotopic (exact) mass is 208 g/mol. The highest BCUT2D eigenvalue weighted by Gasteiger charge is 2.17. The van der Waals surface area contributed by atoms with E-state index in [1.807, 2.05) is 29.7 Å². The molecule has 2 N–H and O–H groups in total. The van der Waals surface area contributed by atoms with Crippen LogP contribution in [0.4, 0.5) is 4.79 Å². The van der Waals surface area contributed by atoms with Gasteiger partial charge in [-0.05, 0) is 11.0 Å². The fourth-order valence-corrected chi connectivity index (χ4v) is 1.99. The van der Waals surface area contributed by atoms with Crippen LogP contribution in [-0.2, 0) is 0 Å². The zero-order chi connectivity index (χ0) is 9.97. The number of carbonyl (C=O) groups is 1. The molecule has 72 valence electrons. The van der Waals surface area contributed by atoms with Crippen LogP contribution in [0, 0.1) is 0 Å². The average Bonchev–Trinajstić information content (AvgIpc) is 2.17. The van der Waals surface area contributed by atoms with E-state index in [-0.39, 0.29) is 6.04 Å². The van der Waals surface area contributed by atoms with E-state index in [4.69, 9.17) is 5.11 Å². The summed E-state index contributed by atoms with van der Waals surface area (Å²) in [5.41, 5.74) is 1.09. The van der Waals surface area contributed by atoms with Crippen LogP contribution in [0.3, 0.4) is 0 Å². The Bertz CT molecular complexity index is 382. The lowest BCUT2D eigenvalue weighted by atomic mass is 10.0. The van der Waals surface area contributed by atoms with Crippen LogP contribution in [-0.4, -0.2) is 22.4 Å². The summed E-state index contributed by atoms with van der Waals surface area (Å²) >= 11 is 1.29. The standard InChI is InChI=1S/C9H8N2O2S/c12-9(13)11-8-10-7-4-2-1-3-6(7)5-14-8/h1-5,7H,(H,10,11)(H,12,13). The zero-order valence-electron chi connectivity index (χ0n) is 7.18. The molecule has 2 aliphatic rings. The third-order valence-electron chi connectivity index (χ3n) is 1.81. The molecule has 1 aliphatic carbocycles. The molecule has 0 aromatic rings. The quantitative estimate of drug-likeness (QED) is 0.637. The van der Waals surface area contributed by atoms with Crippen LogP contribution in [0.2, 0.25) is 0 Å². The topological polar surface area (TPSA) is 61.7 Å². The predicted octanol–water partition coefficient (Wildman–Crippen LogP) is 1.74. The van der Waals surface area contributed by atoms with Crippen LogP contribution in [0.1, 0.15) is 0 Å². The number of allylic oxidation sites excluding steroid dienone is 2. The molecular formula is C9H8N2O2S. The number of aliphatic imine (C=N–C) groups is 1. The smallest absolute Gasteiger partial charge is 0.410 e. The average molecular weight is 208 g/mol. The summed E-state index contributed by atoms with van der Waals surface area (Å²) in [6.07, 6.45) is 6.66. The summed E-state index contributed by atoms with van der Waals surface area (Å²) < 4.78 is 0. The number of amidine groups is 1. The molecule has 0 aromatic carbocycles. The number of hydrogen-bond acceptors (Lipinski definition) is 3. The Balaban J connectivity index is 2.13. The second-order valence-electron chi connectivity index (χ2n) is 2.79. The van der Waals surface area contributed by atoms with E-state index in [0.717, 1.165) is 5.57 Å². The molecule has 2 rings (SSSR count). The second kappa shape index (κ2) is 3.71. The minimum absolute atomic E-state index is 0.0388. The summed E-state index contributed by atoms with van der Waals surface area (Å²) in [4.78, 5) is 14.6. The highest BCUT2D eigenvalue weighted by molar-refractivity contribution is 8.16. The molecule has 0 fully saturated rings. The first-order chi connectivity index (χ1) is 6.75. The van der Waals surface area contributed by atoms with E-state index in [1.165, 1.54) is 11.8 Å². The Morgan fingerprint density at radius 1 is 1.57 bits per heavy atom. The first-order valence-corrected chi connectivity index (χ1v) is 4.93. The maximum Gasteiger partial charge on any atom is 0.410 e. The van der Waals surface area contributed by atoms with E-state index >= 15 is 0 Å². The maximum atomic E-state index is 10.4. The predicted molar refractivity (Wildman–Crippen MR) is 56.3 cm³/mol. The third kappa shape index (κ3) is 1.88. The van der Waals surface area contributed by atoms with Gasteiger partial charge in [0.25, 0.3) is 0 Å². The number of amides is 1. The van der Waals surface area contributed by atoms with Gasteiger partial charge in [-0.25, -0.2) is 9.79 Å². The molecule has 0 bridgehead atoms. The maximum absolute atomic E-state index is 10.4. The van der Waals surface area contributed by atoms with Crippen molar-refractivity contribution < 1.29 is 9.90 Å². The SMILES string of the molecule is O=C(O)NC1=NC2C=CC=CC2=CS1. The summed E-state index contributed by atoms with van der Waals surface area (Å²) in [5, 5.41) is 13.1. The molecule has 1 heterocycles. The number of nitrogens with one attached hydrogen (secondary N) is 1. The lowest BCUT2D eigenvalue weighted by Gasteiger charge is -2.18. The number of rotatable bonds is 0. The normalized spacial score (nSPS) is 23.6. The zero-order valence-corrected chi connectivity index (χ0v) is 7.99. The van der Waals surface area contributed by atoms with Gasteiger partial charge in [-0.2, -0.15) is 0 Å². The van der Waals surface area contributed by atoms with E-state index in [1.54, 1.807) is 0 Å². The fourth-order valence-electron chi connectivity index (χ4n) is 1.21. The van der Waals surface area contributed by atoms with E-state index < -0.39 is 6.09 Å². The Kier molecular flexibility index (Phi) is 2.41. The number of nitrogens with zero attached hydrogens (tertiary/aromatic N) is 1. The molecule has 1 unspecified atom stereocenters. The van der Waals surface area contributed by atoms with E-state index in [9.17, 15) is 4.79 Å². The Hall–Kier alpha value is -1.49. The molecule has 1 aliphatic heterocycles. The lowest BCUT2D eigenvalue weighted by molar-refractivity contribution is 0.200. The lowest BCUT2D eigenvalue weighted by Crippen LogP contribution is -2.29. The largest absolute Gasteiger partial charge is 0.465 e. The van der Waals surface area contributed by atoms with Crippen molar-refractivity contribution in [1.82, 2.24) is 5.32 Å². The van der Waals surface area contributed by atoms with Gasteiger partial charge < -0.3 is 5.11 Å². The van der Waals surface area contributed by atoms with Crippen molar-refractivity contribution in [2.75, 3.05) is 0 Å². The summed E-state index contributed by atoms with van der Waals surface area (Å²) in [6.45, 7) is 0. The molecule has 0 aromatic heterocycles. The van der Waals surface area contributed by atoms with Gasteiger partial charge in [-0.1, -0.05) is 36.1 Å². The summed E-state index contributed by atoms with van der Waals surface area (Å²) in [5.74, 6) is 0. The van der Waals surface area contributed by atoms with Crippen molar-refractivity contribution in [1.29, 1.82) is 0 Å². The van der Waals surface area contributed by atoms with Gasteiger partial charge in [0.2, 0.25) is 0 Å². The fraction of sp³-hybridized carbons (Fsp3) is 0.111. The molecule has 4 nitrogen and oxygen atoms in total. The summed E-state index contributed by atoms with van der Waals surface area (Å²) in [6, 6.07) is -0.0388. The van der Waals surface area contributed by atoms with Gasteiger partial charge in [0.1, 0.15) is 0 Å². The number of hydrogen-bond donors (Lipinski definition) is 2. The van der Waals surface area contributed by atoms with Crippen LogP contribution in [0.25, 0.3) is 0 Å². The molecule has 0 saturated carbocycles. The van der Waals surface area contributed by atoms with Gasteiger partial charge in [0.05, 0.1) is 6.04 Å². The van der Waals surface area contributed by atoms with E-state index in [0.29, 0.717) is 5.17 Å². The number of thioether (sulfide) groups is 1. The highest BCUT2D eigenvalue weighted by atomic mass is 32.2. The van der Waals surface area contributed by atoms with Crippen LogP contribution in [0.15, 0.2) is 40.3 Å². The van der Waals surface area contributed by atoms with Crippen molar-refractivity contribution in [2.24, 2.45) is 4.99 Å². The molecule has 0 spiro atoms. The molecule has 0 radical (unpaired) electrons. The van der Waals surface area contributed by atoms with Crippen LogP contribution < -0.4 is 5.32 Å². The molecule has 14 heavy (non-hydrogen) atoms. The van der Waals surface area contributed by atoms with Gasteiger partial charge in [0.15, 0.2) is 5.17 Å². The van der Waals surface area contributed by atoms with Crippen molar-refractivity contribution in [3.05, 3.63) is 35.3 Å². The molecule has 1 atom stereocenters. The summed E-state index contributed by atoms with van der Waals surface area (Å²) in [7, 11) is 0. The molecular weight excluding hydrogens is 200 g/mol. The Labute approximate surface area is 85.1 Å². The van der Waals surface area contributed by atoms with Crippen LogP contribution >= 0.6 is 11.8 Å². The third-order valence-corrected chi connectivity index (χ3v) is 2.63. The molecule has 0 saturated heterocycles.